The van der Waals surface area contributed by atoms with Crippen molar-refractivity contribution in [3.8, 4) is 5.75 Å². The minimum Gasteiger partial charge on any atom is -0.487 e. The molecule has 0 aliphatic carbocycles. The number of rotatable bonds is 5. The minimum atomic E-state index is -0.255. The van der Waals surface area contributed by atoms with Crippen molar-refractivity contribution in [3.63, 3.8) is 0 Å². The lowest BCUT2D eigenvalue weighted by molar-refractivity contribution is 0.308. The molecule has 0 unspecified atom stereocenters. The van der Waals surface area contributed by atoms with Crippen LogP contribution < -0.4 is 4.74 Å². The van der Waals surface area contributed by atoms with Crippen molar-refractivity contribution in [1.82, 2.24) is 14.7 Å². The van der Waals surface area contributed by atoms with Gasteiger partial charge in [-0.2, -0.15) is 0 Å². The largest absolute Gasteiger partial charge is 0.487 e. The number of aryl methyl sites for hydroxylation is 3. The van der Waals surface area contributed by atoms with Crippen LogP contribution in [0.2, 0.25) is 0 Å². The maximum Gasteiger partial charge on any atom is 0.147 e. The summed E-state index contributed by atoms with van der Waals surface area (Å²) in [7, 11) is 0. The van der Waals surface area contributed by atoms with Crippen molar-refractivity contribution in [2.24, 2.45) is 0 Å². The lowest BCUT2D eigenvalue weighted by Gasteiger charge is -2.12. The van der Waals surface area contributed by atoms with Crippen LogP contribution in [0.1, 0.15) is 33.8 Å². The first-order valence-electron chi connectivity index (χ1n) is 9.19. The van der Waals surface area contributed by atoms with E-state index in [1.54, 1.807) is 18.3 Å². The summed E-state index contributed by atoms with van der Waals surface area (Å²) in [6.07, 6.45) is 1.76. The van der Waals surface area contributed by atoms with Crippen LogP contribution in [-0.2, 0) is 13.2 Å². The first kappa shape index (κ1) is 18.2. The number of fused-ring (bicyclic) bond motifs is 1. The van der Waals surface area contributed by atoms with Crippen LogP contribution in [0.15, 0.2) is 41.1 Å². The van der Waals surface area contributed by atoms with Gasteiger partial charge in [-0.25, -0.2) is 4.39 Å². The van der Waals surface area contributed by atoms with Crippen molar-refractivity contribution in [1.29, 1.82) is 0 Å². The van der Waals surface area contributed by atoms with Crippen LogP contribution in [0.5, 0.6) is 5.75 Å². The molecule has 4 rings (SSSR count). The predicted octanol–water partition coefficient (Wildman–Crippen LogP) is 5.02. The summed E-state index contributed by atoms with van der Waals surface area (Å²) in [6.45, 7) is 9.01. The Labute approximate surface area is 162 Å². The van der Waals surface area contributed by atoms with Crippen molar-refractivity contribution >= 4 is 11.0 Å². The molecule has 0 saturated carbocycles. The van der Waals surface area contributed by atoms with Crippen LogP contribution in [0.4, 0.5) is 4.39 Å². The highest BCUT2D eigenvalue weighted by molar-refractivity contribution is 5.86. The molecule has 28 heavy (non-hydrogen) atoms. The van der Waals surface area contributed by atoms with E-state index in [-0.39, 0.29) is 5.82 Å². The summed E-state index contributed by atoms with van der Waals surface area (Å²) in [5.74, 6) is 1.31. The molecule has 0 atom stereocenters. The molecule has 0 radical (unpaired) electrons. The molecule has 4 aromatic rings. The lowest BCUT2D eigenvalue weighted by atomic mass is 10.2. The molecular weight excluding hydrogens is 357 g/mol. The number of halogens is 1. The van der Waals surface area contributed by atoms with Crippen molar-refractivity contribution in [2.45, 2.75) is 40.8 Å². The van der Waals surface area contributed by atoms with Crippen molar-refractivity contribution in [3.05, 3.63) is 76.2 Å². The smallest absolute Gasteiger partial charge is 0.147 e. The first-order valence-corrected chi connectivity index (χ1v) is 9.19. The summed E-state index contributed by atoms with van der Waals surface area (Å²) in [5.41, 5.74) is 6.96. The highest BCUT2D eigenvalue weighted by atomic mass is 19.1. The van der Waals surface area contributed by atoms with Gasteiger partial charge >= 0.3 is 0 Å². The van der Waals surface area contributed by atoms with Gasteiger partial charge in [0.15, 0.2) is 0 Å². The molecule has 0 amide bonds. The van der Waals surface area contributed by atoms with E-state index in [4.69, 9.17) is 9.26 Å². The third-order valence-corrected chi connectivity index (χ3v) is 5.26. The number of pyridine rings is 1. The molecule has 5 nitrogen and oxygen atoms in total. The lowest BCUT2D eigenvalue weighted by Crippen LogP contribution is -2.05. The number of hydrogen-bond donors (Lipinski definition) is 0. The van der Waals surface area contributed by atoms with Gasteiger partial charge < -0.3 is 13.8 Å². The van der Waals surface area contributed by atoms with E-state index < -0.39 is 0 Å². The number of nitrogens with zero attached hydrogens (tertiary/aromatic N) is 3. The van der Waals surface area contributed by atoms with E-state index in [0.29, 0.717) is 13.2 Å². The van der Waals surface area contributed by atoms with E-state index in [2.05, 4.69) is 28.6 Å². The fourth-order valence-electron chi connectivity index (χ4n) is 3.45. The zero-order chi connectivity index (χ0) is 19.8. The molecule has 0 N–H and O–H groups in total. The van der Waals surface area contributed by atoms with Gasteiger partial charge in [-0.3, -0.25) is 4.98 Å². The summed E-state index contributed by atoms with van der Waals surface area (Å²) in [6, 6.07) is 8.21. The maximum atomic E-state index is 13.1. The van der Waals surface area contributed by atoms with E-state index in [9.17, 15) is 4.39 Å². The van der Waals surface area contributed by atoms with Gasteiger partial charge in [-0.1, -0.05) is 17.3 Å². The van der Waals surface area contributed by atoms with Gasteiger partial charge in [0.05, 0.1) is 17.8 Å². The molecule has 6 heteroatoms. The summed E-state index contributed by atoms with van der Waals surface area (Å²) < 4.78 is 26.8. The Kier molecular flexibility index (Phi) is 4.63. The molecule has 3 aromatic heterocycles. The fraction of sp³-hybridized carbons (Fsp3) is 0.273. The summed E-state index contributed by atoms with van der Waals surface area (Å²) >= 11 is 0. The first-order chi connectivity index (χ1) is 13.5. The molecule has 0 aliphatic heterocycles. The Bertz CT molecular complexity index is 1120. The highest BCUT2D eigenvalue weighted by Gasteiger charge is 2.19. The molecule has 0 saturated heterocycles. The monoisotopic (exact) mass is 379 g/mol. The molecule has 0 spiro atoms. The topological polar surface area (TPSA) is 53.1 Å². The maximum absolute atomic E-state index is 13.1. The summed E-state index contributed by atoms with van der Waals surface area (Å²) in [4.78, 5) is 4.57. The van der Waals surface area contributed by atoms with Crippen molar-refractivity contribution < 1.29 is 13.7 Å². The van der Waals surface area contributed by atoms with E-state index in [1.165, 1.54) is 12.1 Å². The van der Waals surface area contributed by atoms with Gasteiger partial charge in [-0.15, -0.1) is 0 Å². The van der Waals surface area contributed by atoms with Crippen molar-refractivity contribution in [2.75, 3.05) is 0 Å². The van der Waals surface area contributed by atoms with E-state index in [0.717, 1.165) is 50.6 Å². The Balaban J connectivity index is 1.75. The second-order valence-electron chi connectivity index (χ2n) is 7.02. The molecule has 144 valence electrons. The van der Waals surface area contributed by atoms with E-state index >= 15 is 0 Å². The van der Waals surface area contributed by atoms with Gasteiger partial charge in [0.25, 0.3) is 0 Å². The molecule has 1 aromatic carbocycles. The average molecular weight is 379 g/mol. The predicted molar refractivity (Wildman–Crippen MR) is 105 cm³/mol. The zero-order valence-corrected chi connectivity index (χ0v) is 16.4. The van der Waals surface area contributed by atoms with Crippen LogP contribution >= 0.6 is 0 Å². The second kappa shape index (κ2) is 7.11. The minimum absolute atomic E-state index is 0.255. The molecule has 0 fully saturated rings. The second-order valence-corrected chi connectivity index (χ2v) is 7.02. The third kappa shape index (κ3) is 3.15. The number of hydrogen-bond acceptors (Lipinski definition) is 4. The quantitative estimate of drug-likeness (QED) is 0.488. The van der Waals surface area contributed by atoms with Gasteiger partial charge in [0.2, 0.25) is 0 Å². The van der Waals surface area contributed by atoms with E-state index in [1.807, 2.05) is 19.9 Å². The molecular formula is C22H22FN3O2. The Morgan fingerprint density at radius 3 is 2.50 bits per heavy atom. The molecule has 0 aliphatic rings. The van der Waals surface area contributed by atoms with Crippen LogP contribution in [0.3, 0.4) is 0 Å². The van der Waals surface area contributed by atoms with Crippen LogP contribution in [0.25, 0.3) is 11.0 Å². The number of ether oxygens (including phenoxy) is 1. The standard InChI is InChI=1S/C22H22FN3O2/c1-13-15(3)26(11-19-14(2)25-28-16(19)4)22-20(9-10-24-21(13)22)27-12-17-5-7-18(23)8-6-17/h5-10H,11-12H2,1-4H3. The number of aromatic nitrogens is 3. The van der Waals surface area contributed by atoms with Gasteiger partial charge in [0, 0.05) is 23.5 Å². The zero-order valence-electron chi connectivity index (χ0n) is 16.4. The number of benzene rings is 1. The Morgan fingerprint density at radius 1 is 1.07 bits per heavy atom. The Hall–Kier alpha value is -3.15. The average Bonchev–Trinajstić information content (AvgIpc) is 3.14. The van der Waals surface area contributed by atoms with Gasteiger partial charge in [0.1, 0.15) is 29.5 Å². The SMILES string of the molecule is Cc1noc(C)c1Cn1c(C)c(C)c2nccc(OCc3ccc(F)cc3)c21. The summed E-state index contributed by atoms with van der Waals surface area (Å²) in [5, 5.41) is 4.07. The van der Waals surface area contributed by atoms with Crippen LogP contribution in [0, 0.1) is 33.5 Å². The Morgan fingerprint density at radius 2 is 1.82 bits per heavy atom. The van der Waals surface area contributed by atoms with Crippen LogP contribution in [-0.4, -0.2) is 14.7 Å². The van der Waals surface area contributed by atoms with Gasteiger partial charge in [-0.05, 0) is 51.0 Å². The fourth-order valence-corrected chi connectivity index (χ4v) is 3.45. The highest BCUT2D eigenvalue weighted by Crippen LogP contribution is 2.32. The molecule has 3 heterocycles. The normalized spacial score (nSPS) is 11.3. The third-order valence-electron chi connectivity index (χ3n) is 5.26. The molecule has 0 bridgehead atoms.